The fourth-order valence-electron chi connectivity index (χ4n) is 2.24. The normalized spacial score (nSPS) is 12.5. The maximum Gasteiger partial charge on any atom is 0.485 e. The summed E-state index contributed by atoms with van der Waals surface area (Å²) in [7, 11) is -6.09. The highest BCUT2D eigenvalue weighted by atomic mass is 32.2. The average molecular weight is 356 g/mol. The van der Waals surface area contributed by atoms with Crippen molar-refractivity contribution in [1.29, 1.82) is 0 Å². The van der Waals surface area contributed by atoms with Crippen LogP contribution in [0.25, 0.3) is 27.2 Å². The van der Waals surface area contributed by atoms with Crippen LogP contribution in [0.4, 0.5) is 13.2 Å². The highest BCUT2D eigenvalue weighted by Crippen LogP contribution is 2.25. The first-order valence-corrected chi connectivity index (χ1v) is 7.76. The summed E-state index contributed by atoms with van der Waals surface area (Å²) < 4.78 is 60.7. The lowest BCUT2D eigenvalue weighted by Gasteiger charge is -2.08. The molecule has 0 amide bonds. The number of rotatable bonds is 0. The Hall–Kier alpha value is -2.66. The summed E-state index contributed by atoms with van der Waals surface area (Å²) in [6, 6.07) is 12.4. The molecule has 0 saturated heterocycles. The number of aromatic nitrogens is 4. The van der Waals surface area contributed by atoms with Crippen molar-refractivity contribution in [3.63, 3.8) is 0 Å². The minimum atomic E-state index is -6.09. The zero-order valence-electron chi connectivity index (χ0n) is 11.6. The van der Waals surface area contributed by atoms with E-state index in [4.69, 9.17) is 13.0 Å². The molecule has 2 aromatic carbocycles. The third-order valence-electron chi connectivity index (χ3n) is 3.23. The van der Waals surface area contributed by atoms with E-state index < -0.39 is 15.6 Å². The van der Waals surface area contributed by atoms with Crippen LogP contribution in [-0.4, -0.2) is 34.0 Å². The highest BCUT2D eigenvalue weighted by molar-refractivity contribution is 7.86. The molecule has 4 aromatic rings. The Balaban J connectivity index is 0.000000183. The molecule has 7 nitrogen and oxygen atoms in total. The lowest BCUT2D eigenvalue weighted by Crippen LogP contribution is -2.28. The van der Waals surface area contributed by atoms with Gasteiger partial charge in [0.05, 0.1) is 0 Å². The Labute approximate surface area is 132 Å². The van der Waals surface area contributed by atoms with Crippen LogP contribution in [0.15, 0.2) is 42.6 Å². The lowest BCUT2D eigenvalue weighted by atomic mass is 10.0. The van der Waals surface area contributed by atoms with Crippen LogP contribution in [0.2, 0.25) is 0 Å². The van der Waals surface area contributed by atoms with Gasteiger partial charge in [0.2, 0.25) is 5.21 Å². The van der Waals surface area contributed by atoms with Gasteiger partial charge in [-0.3, -0.25) is 0 Å². The van der Waals surface area contributed by atoms with Gasteiger partial charge in [-0.05, 0) is 28.0 Å². The average Bonchev–Trinajstić information content (AvgIpc) is 2.51. The fourth-order valence-corrected chi connectivity index (χ4v) is 2.24. The zero-order valence-corrected chi connectivity index (χ0v) is 12.4. The summed E-state index contributed by atoms with van der Waals surface area (Å²) in [5.41, 5.74) is -3.74. The van der Waals surface area contributed by atoms with Crippen molar-refractivity contribution in [3.05, 3.63) is 42.6 Å². The van der Waals surface area contributed by atoms with Gasteiger partial charge in [0.25, 0.3) is 0 Å². The van der Waals surface area contributed by atoms with Crippen molar-refractivity contribution >= 4 is 37.3 Å². The number of nitrogens with zero attached hydrogens (tertiary/aromatic N) is 4. The maximum absolute atomic E-state index is 10.7. The molecule has 0 saturated carbocycles. The molecule has 0 radical (unpaired) electrons. The molecule has 0 aliphatic rings. The van der Waals surface area contributed by atoms with Gasteiger partial charge in [-0.25, -0.2) is 8.42 Å². The summed E-state index contributed by atoms with van der Waals surface area (Å²) in [5.74, 6) is 0. The van der Waals surface area contributed by atoms with Crippen LogP contribution in [0.5, 0.6) is 0 Å². The molecule has 2 aromatic heterocycles. The molecule has 0 aliphatic carbocycles. The first-order valence-electron chi connectivity index (χ1n) is 6.35. The van der Waals surface area contributed by atoms with Crippen LogP contribution in [0, 0.1) is 0 Å². The number of alkyl halides is 3. The van der Waals surface area contributed by atoms with Gasteiger partial charge in [0.15, 0.2) is 26.4 Å². The van der Waals surface area contributed by atoms with Gasteiger partial charge in [0.1, 0.15) is 6.20 Å². The fraction of sp³-hybridized carbons (Fsp3) is 0.0769. The van der Waals surface area contributed by atoms with E-state index in [1.54, 1.807) is 4.52 Å². The van der Waals surface area contributed by atoms with Gasteiger partial charge in [-0.2, -0.15) is 13.2 Å². The first-order chi connectivity index (χ1) is 11.2. The summed E-state index contributed by atoms with van der Waals surface area (Å²) in [6.45, 7) is 0. The Kier molecular flexibility index (Phi) is 3.68. The van der Waals surface area contributed by atoms with Crippen LogP contribution in [0.1, 0.15) is 0 Å². The molecule has 4 rings (SSSR count). The molecular weight excluding hydrogens is 349 g/mol. The summed E-state index contributed by atoms with van der Waals surface area (Å²) in [5, 5.41) is 15.4. The number of benzene rings is 2. The van der Waals surface area contributed by atoms with Crippen LogP contribution in [-0.2, 0) is 10.1 Å². The van der Waals surface area contributed by atoms with E-state index in [9.17, 15) is 13.2 Å². The quantitative estimate of drug-likeness (QED) is 0.204. The highest BCUT2D eigenvalue weighted by Gasteiger charge is 2.36. The molecule has 0 bridgehead atoms. The summed E-state index contributed by atoms with van der Waals surface area (Å²) >= 11 is 0. The van der Waals surface area contributed by atoms with E-state index in [1.807, 2.05) is 18.3 Å². The second-order valence-corrected chi connectivity index (χ2v) is 6.09. The summed E-state index contributed by atoms with van der Waals surface area (Å²) in [6.07, 6.45) is 1.92. The van der Waals surface area contributed by atoms with E-state index in [0.29, 0.717) is 0 Å². The predicted molar refractivity (Wildman–Crippen MR) is 74.9 cm³/mol. The molecule has 0 aliphatic heterocycles. The molecule has 2 heterocycles. The number of hydrogen-bond acceptors (Lipinski definition) is 6. The maximum atomic E-state index is 10.7. The molecule has 0 fully saturated rings. The van der Waals surface area contributed by atoms with Gasteiger partial charge < -0.3 is 4.55 Å². The number of hydrogen-bond donors (Lipinski definition) is 0. The standard InChI is InChI=1S/C12H7N4.CHF3O3S/c1-2-8-4-5-10-12-11(8)9(3-1)6-7-16(12)15-14-13-10;2-1(3,4)8(5,6)7/h1-7H;(H,5,6,7)/q+1;/p-1. The van der Waals surface area contributed by atoms with Crippen molar-refractivity contribution in [2.24, 2.45) is 0 Å². The molecule has 124 valence electrons. The van der Waals surface area contributed by atoms with Crippen molar-refractivity contribution in [2.45, 2.75) is 5.51 Å². The molecule has 0 unspecified atom stereocenters. The molecule has 0 N–H and O–H groups in total. The van der Waals surface area contributed by atoms with Crippen LogP contribution >= 0.6 is 0 Å². The van der Waals surface area contributed by atoms with Crippen molar-refractivity contribution < 1.29 is 30.7 Å². The van der Waals surface area contributed by atoms with Crippen LogP contribution in [0.3, 0.4) is 0 Å². The third kappa shape index (κ3) is 2.78. The lowest BCUT2D eigenvalue weighted by molar-refractivity contribution is -0.586. The van der Waals surface area contributed by atoms with Gasteiger partial charge in [-0.1, -0.05) is 28.8 Å². The smallest absolute Gasteiger partial charge is 0.485 e. The minimum Gasteiger partial charge on any atom is -0.741 e. The SMILES string of the molecule is O=S(=O)([O-])C(F)(F)F.c1cc2ccc3nnn[n+]4ccc(c1)c2c34. The van der Waals surface area contributed by atoms with Gasteiger partial charge in [-0.15, -0.1) is 0 Å². The minimum absolute atomic E-state index is 0.874. The number of halogens is 3. The molecular formula is C13H7F3N4O3S. The molecule has 24 heavy (non-hydrogen) atoms. The Morgan fingerprint density at radius 2 is 1.67 bits per heavy atom. The first kappa shape index (κ1) is 16.2. The van der Waals surface area contributed by atoms with Crippen molar-refractivity contribution in [3.8, 4) is 0 Å². The molecule has 11 heteroatoms. The topological polar surface area (TPSA) is 100.0 Å². The molecule has 0 atom stereocenters. The zero-order chi connectivity index (χ0) is 17.5. The summed E-state index contributed by atoms with van der Waals surface area (Å²) in [4.78, 5) is 0. The Morgan fingerprint density at radius 1 is 1.04 bits per heavy atom. The predicted octanol–water partition coefficient (Wildman–Crippen LogP) is 1.41. The van der Waals surface area contributed by atoms with Crippen molar-refractivity contribution in [2.75, 3.05) is 0 Å². The van der Waals surface area contributed by atoms with Crippen LogP contribution < -0.4 is 4.52 Å². The van der Waals surface area contributed by atoms with Gasteiger partial charge in [0, 0.05) is 5.39 Å². The largest absolute Gasteiger partial charge is 0.741 e. The number of pyridine rings is 1. The van der Waals surface area contributed by atoms with Crippen molar-refractivity contribution in [1.82, 2.24) is 15.5 Å². The molecule has 0 spiro atoms. The monoisotopic (exact) mass is 356 g/mol. The third-order valence-corrected chi connectivity index (χ3v) is 3.79. The Bertz CT molecular complexity index is 1000. The van der Waals surface area contributed by atoms with E-state index in [2.05, 4.69) is 39.8 Å². The second-order valence-electron chi connectivity index (χ2n) is 4.72. The van der Waals surface area contributed by atoms with Gasteiger partial charge >= 0.3 is 5.51 Å². The van der Waals surface area contributed by atoms with E-state index >= 15 is 0 Å². The Morgan fingerprint density at radius 3 is 2.29 bits per heavy atom. The van der Waals surface area contributed by atoms with E-state index in [1.165, 1.54) is 16.2 Å². The second kappa shape index (κ2) is 5.46. The van der Waals surface area contributed by atoms with E-state index in [-0.39, 0.29) is 0 Å². The van der Waals surface area contributed by atoms with E-state index in [0.717, 1.165) is 11.0 Å².